The zero-order valence-electron chi connectivity index (χ0n) is 67.8. The maximum Gasteiger partial charge on any atom is 2.00 e. The average Bonchev–Trinajstić information content (AvgIpc) is 1.59. The standard InChI is InChI=1S/2C36H21N7S.C33H18N4OS.3Pt/c1-2-15-37-31(8-1)24-6-3-7-28(20-24)43-33-13-10-26(41-18-4-16-38-41)22-30(33)29-12-9-25(21-34(29)43)36-40-32-23-27(11-14-35(32)44-36)42-19-5-17-39-42;1-2-9-33-29(7-1)30-12-10-24(36-40-32-13-11-26(23-35(32)44-36)41-17-5-15-38-41)21-34(30)43(33)28-20-25(31-8-3-4-14-37-31)19-27(22-28)42-18-6-16-39-42;1-2-10-31-28(9-1)36-33(39-31)23-11-13-25-26-19-22(32-35-16-17-38-32)12-14-29(26)37(30(25)20-23)24-7-5-6-21(18-24)27-8-3-4-15-34-27;;;/h2*1-19,22-23H;1-17,19H;;;/q3*-2;3*+2. The van der Waals surface area contributed by atoms with Gasteiger partial charge in [0.2, 0.25) is 5.89 Å². The number of oxazole rings is 1. The molecule has 14 aromatic heterocycles. The minimum absolute atomic E-state index is 0. The summed E-state index contributed by atoms with van der Waals surface area (Å²) in [7, 11) is 0. The van der Waals surface area contributed by atoms with Crippen LogP contribution in [0, 0.1) is 36.4 Å². The summed E-state index contributed by atoms with van der Waals surface area (Å²) >= 11 is 5.00. The molecular formula is C105H60N18OPt3S3. The number of para-hydroxylation sites is 2. The Morgan fingerprint density at radius 1 is 0.262 bits per heavy atom. The van der Waals surface area contributed by atoms with Gasteiger partial charge in [-0.3, -0.25) is 19.6 Å². The Bertz CT molecular complexity index is 8580. The zero-order chi connectivity index (χ0) is 83.8. The van der Waals surface area contributed by atoms with Crippen LogP contribution in [0.2, 0.25) is 0 Å². The van der Waals surface area contributed by atoms with E-state index < -0.39 is 0 Å². The van der Waals surface area contributed by atoms with E-state index in [1.807, 2.05) is 177 Å². The van der Waals surface area contributed by atoms with Gasteiger partial charge >= 0.3 is 63.2 Å². The Kier molecular flexibility index (Phi) is 22.2. The number of hydrogen-bond donors (Lipinski definition) is 0. The first-order valence-electron chi connectivity index (χ1n) is 40.8. The van der Waals surface area contributed by atoms with Gasteiger partial charge in [-0.1, -0.05) is 89.0 Å². The second-order valence-corrected chi connectivity index (χ2v) is 33.1. The molecule has 0 bridgehead atoms. The minimum atomic E-state index is 0. The number of thiazole rings is 3. The number of fused-ring (bicyclic) bond motifs is 12. The molecule has 0 unspecified atom stereocenters. The molecule has 130 heavy (non-hydrogen) atoms. The molecule has 26 rings (SSSR count). The molecule has 0 saturated carbocycles. The molecule has 0 amide bonds. The molecule has 0 N–H and O–H groups in total. The van der Waals surface area contributed by atoms with Crippen molar-refractivity contribution in [2.24, 2.45) is 0 Å². The molecular weight excluding hydrogens is 2210 g/mol. The van der Waals surface area contributed by atoms with Gasteiger partial charge < -0.3 is 33.1 Å². The van der Waals surface area contributed by atoms with Gasteiger partial charge in [0.1, 0.15) is 6.26 Å². The summed E-state index contributed by atoms with van der Waals surface area (Å²) in [5.74, 6) is 0.594. The first-order valence-corrected chi connectivity index (χ1v) is 43.3. The number of aromatic nitrogens is 18. The van der Waals surface area contributed by atoms with Gasteiger partial charge in [-0.2, -0.15) is 54.4 Å². The number of benzene rings is 12. The molecule has 0 aliphatic carbocycles. The van der Waals surface area contributed by atoms with Crippen molar-refractivity contribution in [3.05, 3.63) is 402 Å². The molecule has 25 heteroatoms. The first kappa shape index (κ1) is 82.3. The van der Waals surface area contributed by atoms with Crippen LogP contribution < -0.4 is 0 Å². The van der Waals surface area contributed by atoms with Crippen molar-refractivity contribution in [3.63, 3.8) is 0 Å². The topological polar surface area (TPSA) is 189 Å². The van der Waals surface area contributed by atoms with E-state index >= 15 is 0 Å². The fourth-order valence-electron chi connectivity index (χ4n) is 16.5. The van der Waals surface area contributed by atoms with Crippen molar-refractivity contribution in [1.82, 2.24) is 87.7 Å². The number of hydrogen-bond acceptors (Lipinski definition) is 15. The quantitative estimate of drug-likeness (QED) is 0.0938. The van der Waals surface area contributed by atoms with E-state index in [4.69, 9.17) is 19.4 Å². The molecule has 14 heterocycles. The molecule has 0 spiro atoms. The van der Waals surface area contributed by atoms with E-state index in [-0.39, 0.29) is 63.2 Å². The molecule has 19 nitrogen and oxygen atoms in total. The van der Waals surface area contributed by atoms with E-state index in [1.165, 1.54) is 0 Å². The van der Waals surface area contributed by atoms with Crippen LogP contribution in [0.1, 0.15) is 0 Å². The van der Waals surface area contributed by atoms with Crippen molar-refractivity contribution < 1.29 is 67.6 Å². The van der Waals surface area contributed by atoms with Gasteiger partial charge in [-0.15, -0.1) is 149 Å². The Morgan fingerprint density at radius 3 is 1.27 bits per heavy atom. The van der Waals surface area contributed by atoms with Crippen LogP contribution in [0.25, 0.3) is 213 Å². The Labute approximate surface area is 797 Å². The van der Waals surface area contributed by atoms with Crippen LogP contribution in [-0.4, -0.2) is 87.7 Å². The summed E-state index contributed by atoms with van der Waals surface area (Å²) in [6, 6.07) is 119. The number of pyridine rings is 3. The fraction of sp³-hybridized carbons (Fsp3) is 0. The summed E-state index contributed by atoms with van der Waals surface area (Å²) in [5, 5.41) is 27.1. The summed E-state index contributed by atoms with van der Waals surface area (Å²) in [6.45, 7) is 0. The van der Waals surface area contributed by atoms with E-state index in [0.717, 1.165) is 207 Å². The van der Waals surface area contributed by atoms with Crippen molar-refractivity contribution in [2.45, 2.75) is 0 Å². The molecule has 0 atom stereocenters. The molecule has 624 valence electrons. The molecule has 0 saturated heterocycles. The Morgan fingerprint density at radius 2 is 0.715 bits per heavy atom. The largest absolute Gasteiger partial charge is 2.00 e. The van der Waals surface area contributed by atoms with Gasteiger partial charge in [0.05, 0.1) is 39.8 Å². The van der Waals surface area contributed by atoms with Crippen LogP contribution in [-0.2, 0) is 63.2 Å². The van der Waals surface area contributed by atoms with E-state index in [9.17, 15) is 0 Å². The van der Waals surface area contributed by atoms with Crippen molar-refractivity contribution in [1.29, 1.82) is 0 Å². The monoisotopic (exact) mass is 2270 g/mol. The van der Waals surface area contributed by atoms with Gasteiger partial charge in [-0.05, 0) is 206 Å². The third kappa shape index (κ3) is 15.3. The molecule has 0 aliphatic rings. The molecule has 12 aromatic carbocycles. The van der Waals surface area contributed by atoms with Gasteiger partial charge in [0, 0.05) is 119 Å². The molecule has 26 aromatic rings. The van der Waals surface area contributed by atoms with Gasteiger partial charge in [-0.25, -0.2) is 19.0 Å². The van der Waals surface area contributed by atoms with E-state index in [1.54, 1.807) is 83.7 Å². The Balaban J connectivity index is 0.000000117. The summed E-state index contributed by atoms with van der Waals surface area (Å²) < 4.78 is 23.1. The van der Waals surface area contributed by atoms with E-state index in [0.29, 0.717) is 5.89 Å². The normalized spacial score (nSPS) is 11.4. The van der Waals surface area contributed by atoms with Crippen LogP contribution >= 0.6 is 34.0 Å². The van der Waals surface area contributed by atoms with Crippen molar-refractivity contribution >= 4 is 130 Å². The SMILES string of the molecule is [Pt+2].[Pt+2].[Pt+2].[c-]1c(-c2ccccn2)cc(-n2cccn2)cc1-n1c2[c-]c(-c3nc4ccc(-n5cccn5)cc4s3)ccc2c2ccccc21.[c-]1c(-c2ccccn2)cccc1-n1c2[c-]c(-c3nc4cc(-n5cccn5)ccc4s3)ccc2c2cc(-n3cccn3)ccc21.[c-]1c(-c2ccccn2)cccc1-n1c2[c-]c(-c3nc4ccccc4s3)ccc2c2cc(-c3ncco3)ccc21. The van der Waals surface area contributed by atoms with Crippen molar-refractivity contribution in [3.8, 4) is 117 Å². The van der Waals surface area contributed by atoms with Crippen LogP contribution in [0.15, 0.2) is 370 Å². The molecule has 0 fully saturated rings. The summed E-state index contributed by atoms with van der Waals surface area (Å²) in [5.41, 5.74) is 24.7. The predicted molar refractivity (Wildman–Crippen MR) is 505 cm³/mol. The smallest absolute Gasteiger partial charge is 0.445 e. The minimum Gasteiger partial charge on any atom is -0.445 e. The molecule has 0 radical (unpaired) electrons. The zero-order valence-corrected chi connectivity index (χ0v) is 77.0. The third-order valence-corrected chi connectivity index (χ3v) is 25.5. The summed E-state index contributed by atoms with van der Waals surface area (Å²) in [4.78, 5) is 33.0. The molecule has 0 aliphatic heterocycles. The van der Waals surface area contributed by atoms with Gasteiger partial charge in [0.25, 0.3) is 0 Å². The Hall–Kier alpha value is -14.7. The maximum absolute atomic E-state index is 5.60. The average molecular weight is 2270 g/mol. The van der Waals surface area contributed by atoms with Crippen molar-refractivity contribution in [2.75, 3.05) is 0 Å². The third-order valence-electron chi connectivity index (χ3n) is 22.3. The fourth-order valence-corrected chi connectivity index (χ4v) is 19.4. The number of nitrogens with zero attached hydrogens (tertiary/aromatic N) is 18. The summed E-state index contributed by atoms with van der Waals surface area (Å²) in [6.07, 6.45) is 23.6. The van der Waals surface area contributed by atoms with Gasteiger partial charge in [0.15, 0.2) is 0 Å². The van der Waals surface area contributed by atoms with Crippen LogP contribution in [0.5, 0.6) is 0 Å². The van der Waals surface area contributed by atoms with Crippen LogP contribution in [0.4, 0.5) is 0 Å². The van der Waals surface area contributed by atoms with E-state index in [2.05, 4.69) is 248 Å². The second kappa shape index (κ2) is 35.1. The first-order chi connectivity index (χ1) is 62.9. The maximum atomic E-state index is 5.60. The predicted octanol–water partition coefficient (Wildman–Crippen LogP) is 24.6. The number of rotatable bonds is 14. The second-order valence-electron chi connectivity index (χ2n) is 30.0. The van der Waals surface area contributed by atoms with Crippen LogP contribution in [0.3, 0.4) is 0 Å².